The van der Waals surface area contributed by atoms with E-state index in [1.165, 1.54) is 34.8 Å². The number of ether oxygens (including phenoxy) is 1. The topological polar surface area (TPSA) is 71.3 Å². The van der Waals surface area contributed by atoms with Gasteiger partial charge in [0.15, 0.2) is 0 Å². The van der Waals surface area contributed by atoms with Gasteiger partial charge in [0, 0.05) is 46.7 Å². The Kier molecular flexibility index (Phi) is 6.04. The lowest BCUT2D eigenvalue weighted by Gasteiger charge is -2.46. The van der Waals surface area contributed by atoms with E-state index < -0.39 is 0 Å². The Bertz CT molecular complexity index is 922. The number of rotatable bonds is 4. The van der Waals surface area contributed by atoms with Gasteiger partial charge < -0.3 is 15.5 Å². The van der Waals surface area contributed by atoms with Gasteiger partial charge in [0.2, 0.25) is 0 Å². The van der Waals surface area contributed by atoms with Crippen LogP contribution in [0.2, 0.25) is 0 Å². The number of nitrogens with two attached hydrogens (primary N) is 1. The van der Waals surface area contributed by atoms with Crippen LogP contribution in [-0.4, -0.2) is 54.9 Å². The Labute approximate surface area is 177 Å². The number of hydrogen-bond acceptors (Lipinski definition) is 5. The number of likely N-dealkylation sites (tertiary alicyclic amines) is 1. The number of aromatic nitrogens is 1. The summed E-state index contributed by atoms with van der Waals surface area (Å²) < 4.78 is 5.31. The molecule has 2 bridgehead atoms. The predicted octanol–water partition coefficient (Wildman–Crippen LogP) is 3.51. The zero-order chi connectivity index (χ0) is 20.5. The third-order valence-electron chi connectivity index (χ3n) is 6.65. The fraction of sp³-hybridized carbons (Fsp3) is 0.522. The number of nitrogens with one attached hydrogen (secondary N) is 1. The molecule has 1 fully saturated rings. The third-order valence-corrected chi connectivity index (χ3v) is 7.96. The summed E-state index contributed by atoms with van der Waals surface area (Å²) in [6.07, 6.45) is 3.97. The summed E-state index contributed by atoms with van der Waals surface area (Å²) in [5.41, 5.74) is 11.0. The number of allylic oxidation sites excluding steroid dienone is 1. The second kappa shape index (κ2) is 8.54. The summed E-state index contributed by atoms with van der Waals surface area (Å²) in [5.74, 6) is 0.872. The van der Waals surface area contributed by atoms with Crippen LogP contribution >= 0.6 is 11.8 Å². The Morgan fingerprint density at radius 3 is 2.93 bits per heavy atom. The lowest BCUT2D eigenvalue weighted by Crippen LogP contribution is -2.53. The number of carbonyl (C=O) groups excluding carboxylic acids is 1. The molecule has 29 heavy (non-hydrogen) atoms. The van der Waals surface area contributed by atoms with Crippen LogP contribution in [0.4, 0.5) is 0 Å². The molecule has 2 heterocycles. The number of piperidine rings is 1. The van der Waals surface area contributed by atoms with Crippen molar-refractivity contribution >= 4 is 28.6 Å². The molecule has 5 nitrogen and oxygen atoms in total. The minimum atomic E-state index is -0.146. The second-order valence-electron chi connectivity index (χ2n) is 8.15. The number of para-hydroxylation sites is 1. The van der Waals surface area contributed by atoms with Gasteiger partial charge in [0.1, 0.15) is 0 Å². The maximum Gasteiger partial charge on any atom is 0.310 e. The van der Waals surface area contributed by atoms with E-state index in [0.29, 0.717) is 6.54 Å². The van der Waals surface area contributed by atoms with E-state index >= 15 is 0 Å². The molecule has 0 radical (unpaired) electrons. The van der Waals surface area contributed by atoms with Gasteiger partial charge in [0.05, 0.1) is 13.0 Å². The van der Waals surface area contributed by atoms with Crippen molar-refractivity contribution in [2.75, 3.05) is 33.0 Å². The van der Waals surface area contributed by atoms with Crippen LogP contribution in [0.25, 0.3) is 10.9 Å². The summed E-state index contributed by atoms with van der Waals surface area (Å²) in [4.78, 5) is 19.0. The molecule has 1 aliphatic carbocycles. The van der Waals surface area contributed by atoms with Crippen LogP contribution in [0, 0.1) is 11.8 Å². The first-order valence-corrected chi connectivity index (χ1v) is 11.5. The van der Waals surface area contributed by atoms with Crippen molar-refractivity contribution in [2.45, 2.75) is 31.1 Å². The van der Waals surface area contributed by atoms with Gasteiger partial charge in [0.25, 0.3) is 0 Å². The SMILES string of the molecule is CC=C1CN(C)[C@H]2Cc3c([nH]c4ccccc34)[C@H](SCCN)C[C@H]1C2C(=O)OC. The van der Waals surface area contributed by atoms with E-state index in [1.807, 2.05) is 11.8 Å². The fourth-order valence-corrected chi connectivity index (χ4v) is 6.41. The third kappa shape index (κ3) is 3.62. The minimum Gasteiger partial charge on any atom is -0.469 e. The lowest BCUT2D eigenvalue weighted by molar-refractivity contribution is -0.151. The number of fused-ring (bicyclic) bond motifs is 5. The molecule has 4 rings (SSSR count). The van der Waals surface area contributed by atoms with E-state index in [-0.39, 0.29) is 29.1 Å². The smallest absolute Gasteiger partial charge is 0.310 e. The monoisotopic (exact) mass is 413 g/mol. The quantitative estimate of drug-likeness (QED) is 0.593. The number of benzene rings is 1. The number of hydrogen-bond donors (Lipinski definition) is 2. The average molecular weight is 414 g/mol. The molecule has 1 aromatic heterocycles. The Morgan fingerprint density at radius 2 is 2.21 bits per heavy atom. The second-order valence-corrected chi connectivity index (χ2v) is 9.46. The van der Waals surface area contributed by atoms with Crippen molar-refractivity contribution in [2.24, 2.45) is 17.6 Å². The summed E-state index contributed by atoms with van der Waals surface area (Å²) in [7, 11) is 3.65. The zero-order valence-electron chi connectivity index (χ0n) is 17.5. The highest BCUT2D eigenvalue weighted by atomic mass is 32.2. The van der Waals surface area contributed by atoms with Crippen molar-refractivity contribution in [1.82, 2.24) is 9.88 Å². The van der Waals surface area contributed by atoms with E-state index in [9.17, 15) is 4.79 Å². The molecule has 0 spiro atoms. The molecule has 3 N–H and O–H groups in total. The standard InChI is InChI=1S/C23H31N3O2S/c1-4-14-13-26(2)19-11-17-15-7-5-6-8-18(15)25-22(17)20(29-10-9-24)12-16(14)21(19)23(27)28-3/h4-8,16,19-21,25H,9-13,24H2,1-3H3/t16-,19+,20-,21?/m1/s1. The first-order chi connectivity index (χ1) is 14.1. The first kappa shape index (κ1) is 20.5. The maximum absolute atomic E-state index is 13.0. The van der Waals surface area contributed by atoms with E-state index in [4.69, 9.17) is 10.5 Å². The maximum atomic E-state index is 13.0. The van der Waals surface area contributed by atoms with Crippen molar-refractivity contribution in [3.63, 3.8) is 0 Å². The zero-order valence-corrected chi connectivity index (χ0v) is 18.3. The van der Waals surface area contributed by atoms with Gasteiger partial charge >= 0.3 is 5.97 Å². The van der Waals surface area contributed by atoms with Crippen LogP contribution in [0.5, 0.6) is 0 Å². The highest BCUT2D eigenvalue weighted by Crippen LogP contribution is 2.48. The first-order valence-electron chi connectivity index (χ1n) is 10.4. The largest absolute Gasteiger partial charge is 0.469 e. The molecule has 0 saturated carbocycles. The molecule has 6 heteroatoms. The Morgan fingerprint density at radius 1 is 1.41 bits per heavy atom. The predicted molar refractivity (Wildman–Crippen MR) is 120 cm³/mol. The van der Waals surface area contributed by atoms with Crippen LogP contribution in [0.1, 0.15) is 29.9 Å². The molecule has 1 saturated heterocycles. The summed E-state index contributed by atoms with van der Waals surface area (Å²) in [5, 5.41) is 1.56. The van der Waals surface area contributed by atoms with Gasteiger partial charge in [-0.05, 0) is 44.4 Å². The number of aromatic amines is 1. The number of methoxy groups -OCH3 is 1. The van der Waals surface area contributed by atoms with Gasteiger partial charge in [-0.25, -0.2) is 0 Å². The average Bonchev–Trinajstić information content (AvgIpc) is 3.09. The van der Waals surface area contributed by atoms with Crippen molar-refractivity contribution in [3.05, 3.63) is 47.2 Å². The van der Waals surface area contributed by atoms with Gasteiger partial charge in [-0.15, -0.1) is 0 Å². The normalized spacial score (nSPS) is 28.8. The Balaban J connectivity index is 1.88. The molecular weight excluding hydrogens is 382 g/mol. The lowest BCUT2D eigenvalue weighted by atomic mass is 9.70. The molecule has 156 valence electrons. The number of nitrogens with zero attached hydrogens (tertiary/aromatic N) is 1. The minimum absolute atomic E-state index is 0.0863. The van der Waals surface area contributed by atoms with Crippen LogP contribution in [-0.2, 0) is 16.0 Å². The highest BCUT2D eigenvalue weighted by Gasteiger charge is 2.47. The molecule has 4 atom stereocenters. The van der Waals surface area contributed by atoms with E-state index in [1.54, 1.807) is 0 Å². The van der Waals surface area contributed by atoms with Crippen LogP contribution in [0.3, 0.4) is 0 Å². The number of thioether (sulfide) groups is 1. The number of esters is 1. The molecule has 1 aromatic carbocycles. The molecule has 0 amide bonds. The number of H-pyrrole nitrogens is 1. The van der Waals surface area contributed by atoms with Crippen molar-refractivity contribution in [3.8, 4) is 0 Å². The summed E-state index contributed by atoms with van der Waals surface area (Å²) in [6.45, 7) is 3.65. The molecule has 2 aromatic rings. The van der Waals surface area contributed by atoms with Gasteiger partial charge in [-0.1, -0.05) is 29.8 Å². The van der Waals surface area contributed by atoms with Crippen LogP contribution < -0.4 is 5.73 Å². The van der Waals surface area contributed by atoms with Crippen molar-refractivity contribution in [1.29, 1.82) is 0 Å². The molecule has 2 aliphatic rings. The van der Waals surface area contributed by atoms with E-state index in [0.717, 1.165) is 25.1 Å². The number of likely N-dealkylation sites (N-methyl/N-ethyl adjacent to an activating group) is 1. The number of carbonyl (C=O) groups is 1. The molecule has 1 unspecified atom stereocenters. The van der Waals surface area contributed by atoms with Crippen molar-refractivity contribution < 1.29 is 9.53 Å². The summed E-state index contributed by atoms with van der Waals surface area (Å²) in [6, 6.07) is 8.65. The van der Waals surface area contributed by atoms with Gasteiger partial charge in [-0.3, -0.25) is 9.69 Å². The van der Waals surface area contributed by atoms with Crippen LogP contribution in [0.15, 0.2) is 35.9 Å². The van der Waals surface area contributed by atoms with Gasteiger partial charge in [-0.2, -0.15) is 11.8 Å². The molecular formula is C23H31N3O2S. The molecule has 1 aliphatic heterocycles. The Hall–Kier alpha value is -1.76. The highest BCUT2D eigenvalue weighted by molar-refractivity contribution is 7.99. The fourth-order valence-electron chi connectivity index (χ4n) is 5.27. The summed E-state index contributed by atoms with van der Waals surface area (Å²) >= 11 is 1.91. The van der Waals surface area contributed by atoms with E-state index in [2.05, 4.69) is 54.2 Å².